The fraction of sp³-hybridized carbons (Fsp3) is 0.600. The molecule has 12 heteroatoms. The smallest absolute Gasteiger partial charge is 0.750 e. The quantitative estimate of drug-likeness (QED) is 0.221. The maximum Gasteiger partial charge on any atom is 1.00 e. The van der Waals surface area contributed by atoms with Gasteiger partial charge in [-0.25, -0.2) is 8.42 Å². The first-order valence-corrected chi connectivity index (χ1v) is 5.38. The fourth-order valence-electron chi connectivity index (χ4n) is 0.285. The maximum absolute atomic E-state index is 9.56. The van der Waals surface area contributed by atoms with Gasteiger partial charge >= 0.3 is 103 Å². The molecule has 0 saturated heterocycles. The fourth-order valence-corrected chi connectivity index (χ4v) is 0.285. The second-order valence-electron chi connectivity index (χ2n) is 1.70. The van der Waals surface area contributed by atoms with Gasteiger partial charge < -0.3 is 27.8 Å². The van der Waals surface area contributed by atoms with Crippen molar-refractivity contribution in [1.29, 1.82) is 0 Å². The number of aldehydes is 2. The molecule has 0 heterocycles. The monoisotopic (exact) mass is 340 g/mol. The van der Waals surface area contributed by atoms with Crippen LogP contribution in [0.2, 0.25) is 0 Å². The van der Waals surface area contributed by atoms with E-state index in [9.17, 15) is 9.59 Å². The molecule has 2 unspecified atom stereocenters. The largest absolute Gasteiger partial charge is 1.00 e. The Labute approximate surface area is 189 Å². The summed E-state index contributed by atoms with van der Waals surface area (Å²) in [4.78, 5) is 19.1. The van der Waals surface area contributed by atoms with Gasteiger partial charge in [0.1, 0.15) is 12.6 Å². The molecule has 0 aromatic heterocycles. The molecule has 0 aliphatic heterocycles. The first kappa shape index (κ1) is 31.9. The zero-order valence-corrected chi connectivity index (χ0v) is 17.3. The van der Waals surface area contributed by atoms with Crippen molar-refractivity contribution in [3.8, 4) is 0 Å². The van der Waals surface area contributed by atoms with Gasteiger partial charge in [-0.15, -0.1) is 0 Å². The summed E-state index contributed by atoms with van der Waals surface area (Å²) in [6.07, 6.45) is 3.37. The summed E-state index contributed by atoms with van der Waals surface area (Å²) in [5, 5.41) is 0. The van der Waals surface area contributed by atoms with Gasteiger partial charge in [-0.3, -0.25) is 0 Å². The van der Waals surface area contributed by atoms with Crippen molar-refractivity contribution in [2.24, 2.45) is 0 Å². The summed E-state index contributed by atoms with van der Waals surface area (Å²) in [7, 11) is 0. The number of unbranched alkanes of at least 4 members (excludes halogenated alkanes) is 2. The van der Waals surface area contributed by atoms with E-state index in [-0.39, 0.29) is 103 Å². The molecule has 92 valence electrons. The zero-order valence-electron chi connectivity index (χ0n) is 9.44. The van der Waals surface area contributed by atoms with Gasteiger partial charge in [-0.1, -0.05) is 0 Å². The Hall–Kier alpha value is 2.75. The molecule has 0 fully saturated rings. The van der Waals surface area contributed by atoms with E-state index >= 15 is 0 Å². The van der Waals surface area contributed by atoms with E-state index in [0.717, 1.165) is 12.6 Å². The van der Waals surface area contributed by atoms with E-state index in [2.05, 4.69) is 0 Å². The van der Waals surface area contributed by atoms with E-state index in [1.165, 1.54) is 0 Å². The standard InChI is InChI=1S/C5H8O2.2K.2H2O3S/c6-4-2-1-3-5-7;;;2*1-4(2)3/h4-5H,1-3H2;;;2*(H2,1,2,3)/q;2*+1;;/p-2. The van der Waals surface area contributed by atoms with Crippen LogP contribution in [0.25, 0.3) is 0 Å². The molecule has 0 saturated carbocycles. The second-order valence-corrected chi connectivity index (χ2v) is 2.57. The molecule has 0 spiro atoms. The number of carbonyl (C=O) groups excluding carboxylic acids is 2. The maximum atomic E-state index is 9.56. The normalized spacial score (nSPS) is 10.6. The number of rotatable bonds is 4. The van der Waals surface area contributed by atoms with Crippen LogP contribution >= 0.6 is 0 Å². The topological polar surface area (TPSA) is 155 Å². The van der Waals surface area contributed by atoms with Gasteiger partial charge in [-0.2, -0.15) is 0 Å². The second kappa shape index (κ2) is 31.2. The molecule has 0 aliphatic carbocycles. The van der Waals surface area contributed by atoms with Crippen molar-refractivity contribution in [2.45, 2.75) is 19.3 Å². The number of hydrogen-bond donors (Lipinski definition) is 2. The van der Waals surface area contributed by atoms with Crippen molar-refractivity contribution < 1.29 is 139 Å². The molecule has 2 atom stereocenters. The molecule has 0 aromatic rings. The molecule has 0 bridgehead atoms. The van der Waals surface area contributed by atoms with Crippen molar-refractivity contribution in [3.05, 3.63) is 0 Å². The molecule has 2 N–H and O–H groups in total. The zero-order chi connectivity index (χ0) is 12.7. The van der Waals surface area contributed by atoms with Gasteiger partial charge in [0.25, 0.3) is 0 Å². The molecule has 8 nitrogen and oxygen atoms in total. The van der Waals surface area contributed by atoms with Crippen LogP contribution in [-0.4, -0.2) is 39.2 Å². The van der Waals surface area contributed by atoms with Gasteiger partial charge in [0.15, 0.2) is 0 Å². The summed E-state index contributed by atoms with van der Waals surface area (Å²) in [6, 6.07) is 0. The Balaban J connectivity index is -0.0000000425. The first-order chi connectivity index (χ1) is 6.88. The van der Waals surface area contributed by atoms with Crippen molar-refractivity contribution in [3.63, 3.8) is 0 Å². The summed E-state index contributed by atoms with van der Waals surface area (Å²) in [6.45, 7) is 0. The van der Waals surface area contributed by atoms with Crippen molar-refractivity contribution in [1.82, 2.24) is 0 Å². The first-order valence-electron chi connectivity index (χ1n) is 3.32. The minimum atomic E-state index is -2.86. The summed E-state index contributed by atoms with van der Waals surface area (Å²) >= 11 is -5.72. The van der Waals surface area contributed by atoms with Crippen LogP contribution in [0.1, 0.15) is 19.3 Å². The predicted octanol–water partition coefficient (Wildman–Crippen LogP) is -6.76. The third kappa shape index (κ3) is 115. The van der Waals surface area contributed by atoms with Crippen LogP contribution in [0.3, 0.4) is 0 Å². The molecular weight excluding hydrogens is 330 g/mol. The third-order valence-electron chi connectivity index (χ3n) is 0.644. The van der Waals surface area contributed by atoms with Crippen molar-refractivity contribution in [2.75, 3.05) is 0 Å². The Morgan fingerprint density at radius 1 is 0.882 bits per heavy atom. The SMILES string of the molecule is O=CCCCC=O.O=S([O-])O.O=S([O-])O.[K+].[K+]. The van der Waals surface area contributed by atoms with E-state index in [1.807, 2.05) is 0 Å². The molecule has 0 aromatic carbocycles. The van der Waals surface area contributed by atoms with Gasteiger partial charge in [-0.05, 0) is 6.42 Å². The van der Waals surface area contributed by atoms with Gasteiger partial charge in [0.05, 0.1) is 22.7 Å². The Morgan fingerprint density at radius 3 is 1.18 bits per heavy atom. The van der Waals surface area contributed by atoms with Gasteiger partial charge in [0.2, 0.25) is 0 Å². The average Bonchev–Trinajstić information content (AvgIpc) is 2.03. The molecule has 0 rings (SSSR count). The Morgan fingerprint density at radius 2 is 1.06 bits per heavy atom. The van der Waals surface area contributed by atoms with Gasteiger partial charge in [0, 0.05) is 12.8 Å². The van der Waals surface area contributed by atoms with E-state index in [0.29, 0.717) is 19.3 Å². The van der Waals surface area contributed by atoms with Crippen LogP contribution in [-0.2, 0) is 32.3 Å². The average molecular weight is 340 g/mol. The predicted molar refractivity (Wildman–Crippen MR) is 49.1 cm³/mol. The molecule has 0 radical (unpaired) electrons. The molecule has 0 amide bonds. The summed E-state index contributed by atoms with van der Waals surface area (Å²) in [5.74, 6) is 0. The Bertz CT molecular complexity index is 174. The molecular formula is C5H10K2O8S2. The van der Waals surface area contributed by atoms with E-state index in [1.54, 1.807) is 0 Å². The molecule has 0 aliphatic rings. The van der Waals surface area contributed by atoms with Crippen LogP contribution in [0.5, 0.6) is 0 Å². The summed E-state index contributed by atoms with van der Waals surface area (Å²) < 4.78 is 48.2. The van der Waals surface area contributed by atoms with Crippen LogP contribution in [0, 0.1) is 0 Å². The summed E-state index contributed by atoms with van der Waals surface area (Å²) in [5.41, 5.74) is 0. The van der Waals surface area contributed by atoms with Crippen LogP contribution < -0.4 is 103 Å². The Kier molecular flexibility index (Phi) is 58.7. The molecule has 17 heavy (non-hydrogen) atoms. The van der Waals surface area contributed by atoms with E-state index in [4.69, 9.17) is 26.6 Å². The minimum absolute atomic E-state index is 0. The number of carbonyl (C=O) groups is 2. The number of hydrogen-bond acceptors (Lipinski definition) is 6. The van der Waals surface area contributed by atoms with Crippen molar-refractivity contribution >= 4 is 35.3 Å². The van der Waals surface area contributed by atoms with Crippen LogP contribution in [0.4, 0.5) is 0 Å². The third-order valence-corrected chi connectivity index (χ3v) is 0.644. The van der Waals surface area contributed by atoms with Crippen LogP contribution in [0.15, 0.2) is 0 Å². The minimum Gasteiger partial charge on any atom is -0.750 e. The van der Waals surface area contributed by atoms with E-state index < -0.39 is 22.7 Å².